The molecule has 0 aromatic carbocycles. The molecule has 0 saturated carbocycles. The van der Waals surface area contributed by atoms with E-state index in [0.29, 0.717) is 18.9 Å². The summed E-state index contributed by atoms with van der Waals surface area (Å²) >= 11 is 0. The summed E-state index contributed by atoms with van der Waals surface area (Å²) in [6.07, 6.45) is 19.8. The molecule has 0 fully saturated rings. The van der Waals surface area contributed by atoms with E-state index in [1.54, 1.807) is 0 Å². The van der Waals surface area contributed by atoms with E-state index in [0.717, 1.165) is 25.7 Å². The lowest BCUT2D eigenvalue weighted by atomic mass is 9.91. The number of aliphatic hydroxyl groups is 1. The smallest absolute Gasteiger partial charge is 0.306 e. The van der Waals surface area contributed by atoms with Gasteiger partial charge in [0.1, 0.15) is 0 Å². The molecule has 26 heavy (non-hydrogen) atoms. The standard InChI is InChI=1S/C23H46O3/c1-3-5-7-9-10-14-18-22(17-13-8-6-4-2)21-23(25)26-20-16-12-11-15-19-24/h22,24H,3-21H2,1-2H3. The van der Waals surface area contributed by atoms with Gasteiger partial charge in [0.25, 0.3) is 0 Å². The molecule has 3 heteroatoms. The van der Waals surface area contributed by atoms with Crippen molar-refractivity contribution in [2.75, 3.05) is 13.2 Å². The largest absolute Gasteiger partial charge is 0.466 e. The van der Waals surface area contributed by atoms with Gasteiger partial charge in [0, 0.05) is 13.0 Å². The summed E-state index contributed by atoms with van der Waals surface area (Å²) in [7, 11) is 0. The Morgan fingerprint density at radius 2 is 1.23 bits per heavy atom. The molecule has 0 bridgehead atoms. The number of ether oxygens (including phenoxy) is 1. The molecule has 0 amide bonds. The van der Waals surface area contributed by atoms with Crippen LogP contribution in [-0.4, -0.2) is 24.3 Å². The predicted octanol–water partition coefficient (Wildman–Crippen LogP) is 6.81. The molecule has 0 aromatic heterocycles. The van der Waals surface area contributed by atoms with Crippen molar-refractivity contribution in [2.45, 2.75) is 123 Å². The topological polar surface area (TPSA) is 46.5 Å². The van der Waals surface area contributed by atoms with Gasteiger partial charge in [-0.1, -0.05) is 84.5 Å². The molecule has 1 N–H and O–H groups in total. The number of carbonyl (C=O) groups is 1. The molecule has 0 rings (SSSR count). The molecule has 3 nitrogen and oxygen atoms in total. The average Bonchev–Trinajstić information content (AvgIpc) is 2.64. The summed E-state index contributed by atoms with van der Waals surface area (Å²) in [5, 5.41) is 8.76. The second kappa shape index (κ2) is 20.7. The van der Waals surface area contributed by atoms with Gasteiger partial charge in [-0.25, -0.2) is 0 Å². The zero-order valence-corrected chi connectivity index (χ0v) is 17.8. The molecule has 0 radical (unpaired) electrons. The molecular weight excluding hydrogens is 324 g/mol. The van der Waals surface area contributed by atoms with Gasteiger partial charge < -0.3 is 9.84 Å². The van der Waals surface area contributed by atoms with Crippen molar-refractivity contribution in [3.05, 3.63) is 0 Å². The summed E-state index contributed by atoms with van der Waals surface area (Å²) < 4.78 is 5.44. The lowest BCUT2D eigenvalue weighted by Crippen LogP contribution is -2.13. The quantitative estimate of drug-likeness (QED) is 0.189. The van der Waals surface area contributed by atoms with Crippen LogP contribution in [0.3, 0.4) is 0 Å². The predicted molar refractivity (Wildman–Crippen MR) is 111 cm³/mol. The van der Waals surface area contributed by atoms with Crippen LogP contribution < -0.4 is 0 Å². The van der Waals surface area contributed by atoms with E-state index in [4.69, 9.17) is 9.84 Å². The highest BCUT2D eigenvalue weighted by atomic mass is 16.5. The Morgan fingerprint density at radius 3 is 1.85 bits per heavy atom. The summed E-state index contributed by atoms with van der Waals surface area (Å²) in [6.45, 7) is 5.30. The third-order valence-corrected chi connectivity index (χ3v) is 5.20. The molecule has 0 aliphatic carbocycles. The second-order valence-corrected chi connectivity index (χ2v) is 7.83. The van der Waals surface area contributed by atoms with Gasteiger partial charge in [-0.3, -0.25) is 4.79 Å². The van der Waals surface area contributed by atoms with Crippen molar-refractivity contribution in [1.29, 1.82) is 0 Å². The van der Waals surface area contributed by atoms with E-state index in [2.05, 4.69) is 13.8 Å². The Morgan fingerprint density at radius 1 is 0.731 bits per heavy atom. The molecular formula is C23H46O3. The third kappa shape index (κ3) is 18.2. The van der Waals surface area contributed by atoms with Gasteiger partial charge >= 0.3 is 5.97 Å². The van der Waals surface area contributed by atoms with Crippen LogP contribution in [-0.2, 0) is 9.53 Å². The van der Waals surface area contributed by atoms with Crippen molar-refractivity contribution < 1.29 is 14.6 Å². The number of hydrogen-bond donors (Lipinski definition) is 1. The van der Waals surface area contributed by atoms with Crippen LogP contribution in [0.2, 0.25) is 0 Å². The van der Waals surface area contributed by atoms with Crippen molar-refractivity contribution in [1.82, 2.24) is 0 Å². The first-order chi connectivity index (χ1) is 12.7. The van der Waals surface area contributed by atoms with E-state index < -0.39 is 0 Å². The van der Waals surface area contributed by atoms with Gasteiger partial charge in [0.15, 0.2) is 0 Å². The van der Waals surface area contributed by atoms with Crippen molar-refractivity contribution in [3.63, 3.8) is 0 Å². The van der Waals surface area contributed by atoms with E-state index in [1.165, 1.54) is 77.0 Å². The normalized spacial score (nSPS) is 12.3. The molecule has 0 spiro atoms. The van der Waals surface area contributed by atoms with E-state index in [9.17, 15) is 4.79 Å². The van der Waals surface area contributed by atoms with Crippen LogP contribution in [0.1, 0.15) is 123 Å². The average molecular weight is 371 g/mol. The van der Waals surface area contributed by atoms with Gasteiger partial charge in [0.05, 0.1) is 6.61 Å². The number of hydrogen-bond acceptors (Lipinski definition) is 3. The summed E-state index contributed by atoms with van der Waals surface area (Å²) in [4.78, 5) is 12.1. The summed E-state index contributed by atoms with van der Waals surface area (Å²) in [6, 6.07) is 0. The maximum atomic E-state index is 12.1. The fraction of sp³-hybridized carbons (Fsp3) is 0.957. The molecule has 0 saturated heterocycles. The Bertz CT molecular complexity index is 291. The number of carbonyl (C=O) groups excluding carboxylic acids is 1. The summed E-state index contributed by atoms with van der Waals surface area (Å²) in [5.74, 6) is 0.513. The number of unbranched alkanes of at least 4 members (excludes halogenated alkanes) is 11. The van der Waals surface area contributed by atoms with Gasteiger partial charge in [-0.15, -0.1) is 0 Å². The first-order valence-corrected chi connectivity index (χ1v) is 11.5. The van der Waals surface area contributed by atoms with Crippen LogP contribution in [0, 0.1) is 5.92 Å². The molecule has 0 aliphatic heterocycles. The summed E-state index contributed by atoms with van der Waals surface area (Å²) in [5.41, 5.74) is 0. The fourth-order valence-corrected chi connectivity index (χ4v) is 3.47. The Balaban J connectivity index is 3.93. The minimum Gasteiger partial charge on any atom is -0.466 e. The molecule has 1 atom stereocenters. The Hall–Kier alpha value is -0.570. The van der Waals surface area contributed by atoms with Crippen LogP contribution in [0.4, 0.5) is 0 Å². The highest BCUT2D eigenvalue weighted by Gasteiger charge is 2.14. The number of esters is 1. The minimum atomic E-state index is -0.00127. The molecule has 0 heterocycles. The SMILES string of the molecule is CCCCCCCCC(CCCCCC)CC(=O)OCCCCCCO. The molecule has 0 aliphatic rings. The Labute approximate surface area is 163 Å². The molecule has 1 unspecified atom stereocenters. The lowest BCUT2D eigenvalue weighted by Gasteiger charge is -2.16. The maximum absolute atomic E-state index is 12.1. The lowest BCUT2D eigenvalue weighted by molar-refractivity contribution is -0.145. The highest BCUT2D eigenvalue weighted by molar-refractivity contribution is 5.69. The zero-order valence-electron chi connectivity index (χ0n) is 17.8. The van der Waals surface area contributed by atoms with Crippen LogP contribution in [0.25, 0.3) is 0 Å². The van der Waals surface area contributed by atoms with Crippen LogP contribution >= 0.6 is 0 Å². The fourth-order valence-electron chi connectivity index (χ4n) is 3.47. The van der Waals surface area contributed by atoms with Crippen LogP contribution in [0.5, 0.6) is 0 Å². The maximum Gasteiger partial charge on any atom is 0.306 e. The van der Waals surface area contributed by atoms with Crippen molar-refractivity contribution in [2.24, 2.45) is 5.92 Å². The first kappa shape index (κ1) is 25.4. The van der Waals surface area contributed by atoms with E-state index in [-0.39, 0.29) is 12.6 Å². The molecule has 156 valence electrons. The second-order valence-electron chi connectivity index (χ2n) is 7.83. The monoisotopic (exact) mass is 370 g/mol. The van der Waals surface area contributed by atoms with Crippen molar-refractivity contribution in [3.8, 4) is 0 Å². The number of aliphatic hydroxyl groups excluding tert-OH is 1. The van der Waals surface area contributed by atoms with E-state index in [1.807, 2.05) is 0 Å². The Kier molecular flexibility index (Phi) is 20.3. The number of rotatable bonds is 20. The van der Waals surface area contributed by atoms with Gasteiger partial charge in [-0.05, 0) is 38.0 Å². The minimum absolute atomic E-state index is 0.00127. The van der Waals surface area contributed by atoms with Gasteiger partial charge in [0.2, 0.25) is 0 Å². The van der Waals surface area contributed by atoms with Crippen molar-refractivity contribution >= 4 is 5.97 Å². The van der Waals surface area contributed by atoms with Crippen LogP contribution in [0.15, 0.2) is 0 Å². The van der Waals surface area contributed by atoms with Gasteiger partial charge in [-0.2, -0.15) is 0 Å². The third-order valence-electron chi connectivity index (χ3n) is 5.20. The highest BCUT2D eigenvalue weighted by Crippen LogP contribution is 2.22. The zero-order chi connectivity index (χ0) is 19.3. The van der Waals surface area contributed by atoms with E-state index >= 15 is 0 Å². The first-order valence-electron chi connectivity index (χ1n) is 11.5. The molecule has 0 aromatic rings.